The van der Waals surface area contributed by atoms with Crippen molar-refractivity contribution in [2.45, 2.75) is 37.0 Å². The summed E-state index contributed by atoms with van der Waals surface area (Å²) in [6.45, 7) is 0. The van der Waals surface area contributed by atoms with Crippen LogP contribution >= 0.6 is 11.8 Å². The van der Waals surface area contributed by atoms with Crippen LogP contribution < -0.4 is 5.43 Å². The first kappa shape index (κ1) is 11.8. The number of carbonyl (C=O) groups is 1. The van der Waals surface area contributed by atoms with E-state index < -0.39 is 0 Å². The molecule has 1 amide bonds. The maximum absolute atomic E-state index is 12.1. The third-order valence-electron chi connectivity index (χ3n) is 3.65. The van der Waals surface area contributed by atoms with Crippen LogP contribution in [0.5, 0.6) is 0 Å². The van der Waals surface area contributed by atoms with Gasteiger partial charge in [0.1, 0.15) is 10.7 Å². The molecule has 96 valence electrons. The smallest absolute Gasteiger partial charge is 0.252 e. The summed E-state index contributed by atoms with van der Waals surface area (Å²) in [4.78, 5) is 16.3. The summed E-state index contributed by atoms with van der Waals surface area (Å²) in [6.07, 6.45) is 7.62. The zero-order valence-corrected chi connectivity index (χ0v) is 11.1. The van der Waals surface area contributed by atoms with E-state index in [0.29, 0.717) is 5.75 Å². The van der Waals surface area contributed by atoms with Gasteiger partial charge < -0.3 is 0 Å². The van der Waals surface area contributed by atoms with Gasteiger partial charge in [0.15, 0.2) is 0 Å². The number of hydrazine groups is 1. The number of rotatable bonds is 2. The highest BCUT2D eigenvalue weighted by Crippen LogP contribution is 2.46. The summed E-state index contributed by atoms with van der Waals surface area (Å²) in [5.74, 6) is 1.51. The van der Waals surface area contributed by atoms with Gasteiger partial charge in [0.25, 0.3) is 5.91 Å². The van der Waals surface area contributed by atoms with Crippen molar-refractivity contribution < 1.29 is 4.79 Å². The summed E-state index contributed by atoms with van der Waals surface area (Å²) >= 11 is 1.79. The lowest BCUT2D eigenvalue weighted by molar-refractivity contribution is -0.129. The minimum atomic E-state index is -0.0349. The van der Waals surface area contributed by atoms with Crippen LogP contribution in [0.2, 0.25) is 0 Å². The molecule has 2 fully saturated rings. The first-order valence-electron chi connectivity index (χ1n) is 6.45. The van der Waals surface area contributed by atoms with E-state index >= 15 is 0 Å². The van der Waals surface area contributed by atoms with E-state index in [1.807, 2.05) is 23.2 Å². The first-order valence-corrected chi connectivity index (χ1v) is 7.43. The van der Waals surface area contributed by atoms with E-state index in [4.69, 9.17) is 0 Å². The Kier molecular flexibility index (Phi) is 3.16. The average Bonchev–Trinajstić information content (AvgIpc) is 2.71. The van der Waals surface area contributed by atoms with Crippen molar-refractivity contribution in [2.24, 2.45) is 0 Å². The second-order valence-corrected chi connectivity index (χ2v) is 6.19. The Morgan fingerprint density at radius 3 is 2.83 bits per heavy atom. The first-order chi connectivity index (χ1) is 8.80. The highest BCUT2D eigenvalue weighted by atomic mass is 32.2. The molecule has 0 radical (unpaired) electrons. The maximum Gasteiger partial charge on any atom is 0.252 e. The predicted molar refractivity (Wildman–Crippen MR) is 73.0 cm³/mol. The fourth-order valence-electron chi connectivity index (χ4n) is 2.73. The largest absolute Gasteiger partial charge is 0.278 e. The lowest BCUT2D eigenvalue weighted by Crippen LogP contribution is -2.49. The number of carbonyl (C=O) groups excluding carboxylic acids is 1. The summed E-state index contributed by atoms with van der Waals surface area (Å²) in [7, 11) is 0. The second-order valence-electron chi connectivity index (χ2n) is 4.85. The molecule has 4 nitrogen and oxygen atoms in total. The fourth-order valence-corrected chi connectivity index (χ4v) is 4.11. The molecule has 2 heterocycles. The van der Waals surface area contributed by atoms with Crippen LogP contribution in [-0.4, -0.2) is 26.5 Å². The quantitative estimate of drug-likeness (QED) is 0.891. The van der Waals surface area contributed by atoms with Gasteiger partial charge in [-0.2, -0.15) is 0 Å². The monoisotopic (exact) mass is 263 g/mol. The van der Waals surface area contributed by atoms with Crippen molar-refractivity contribution in [3.05, 3.63) is 24.4 Å². The third-order valence-corrected chi connectivity index (χ3v) is 5.17. The van der Waals surface area contributed by atoms with E-state index in [1.165, 1.54) is 19.3 Å². The average molecular weight is 263 g/mol. The molecule has 0 atom stereocenters. The summed E-state index contributed by atoms with van der Waals surface area (Å²) in [5.41, 5.74) is 3.20. The molecule has 2 aliphatic rings. The minimum Gasteiger partial charge on any atom is -0.278 e. The number of aromatic nitrogens is 1. The molecule has 1 aromatic rings. The third kappa shape index (κ3) is 2.07. The van der Waals surface area contributed by atoms with Crippen LogP contribution in [0.15, 0.2) is 24.4 Å². The molecule has 0 bridgehead atoms. The van der Waals surface area contributed by atoms with Crippen LogP contribution in [0, 0.1) is 0 Å². The SMILES string of the molecule is O=C1CSC2(CCCCC2)N1Nc1ccccn1. The zero-order valence-electron chi connectivity index (χ0n) is 10.3. The van der Waals surface area contributed by atoms with Crippen molar-refractivity contribution in [1.82, 2.24) is 9.99 Å². The lowest BCUT2D eigenvalue weighted by atomic mass is 9.94. The zero-order chi connectivity index (χ0) is 12.4. The molecule has 1 aromatic heterocycles. The molecule has 0 aromatic carbocycles. The van der Waals surface area contributed by atoms with Gasteiger partial charge in [0, 0.05) is 6.20 Å². The van der Waals surface area contributed by atoms with Crippen molar-refractivity contribution in [3.63, 3.8) is 0 Å². The molecule has 5 heteroatoms. The van der Waals surface area contributed by atoms with Gasteiger partial charge in [-0.25, -0.2) is 9.99 Å². The number of hydrogen-bond acceptors (Lipinski definition) is 4. The van der Waals surface area contributed by atoms with Crippen LogP contribution in [-0.2, 0) is 4.79 Å². The van der Waals surface area contributed by atoms with E-state index in [1.54, 1.807) is 18.0 Å². The number of anilines is 1. The van der Waals surface area contributed by atoms with Gasteiger partial charge in [0.05, 0.1) is 5.75 Å². The van der Waals surface area contributed by atoms with Crippen LogP contribution in [0.25, 0.3) is 0 Å². The van der Waals surface area contributed by atoms with Gasteiger partial charge in [-0.1, -0.05) is 25.3 Å². The molecule has 1 saturated carbocycles. The van der Waals surface area contributed by atoms with Gasteiger partial charge in [-0.3, -0.25) is 10.2 Å². The lowest BCUT2D eigenvalue weighted by Gasteiger charge is -2.40. The van der Waals surface area contributed by atoms with Gasteiger partial charge in [-0.15, -0.1) is 11.8 Å². The molecule has 1 saturated heterocycles. The highest BCUT2D eigenvalue weighted by molar-refractivity contribution is 8.01. The standard InChI is InChI=1S/C13H17N3OS/c17-12-10-18-13(7-3-1-4-8-13)16(12)15-11-6-2-5-9-14-11/h2,5-6,9H,1,3-4,7-8,10H2,(H,14,15). The number of pyridine rings is 1. The summed E-state index contributed by atoms with van der Waals surface area (Å²) in [6, 6.07) is 5.70. The van der Waals surface area contributed by atoms with Crippen molar-refractivity contribution >= 4 is 23.5 Å². The summed E-state index contributed by atoms with van der Waals surface area (Å²) < 4.78 is 0. The van der Waals surface area contributed by atoms with E-state index in [9.17, 15) is 4.79 Å². The second kappa shape index (κ2) is 4.80. The Hall–Kier alpha value is -1.23. The Balaban J connectivity index is 1.81. The Morgan fingerprint density at radius 2 is 2.11 bits per heavy atom. The predicted octanol–water partition coefficient (Wildman–Crippen LogP) is 2.64. The molecular weight excluding hydrogens is 246 g/mol. The number of amides is 1. The van der Waals surface area contributed by atoms with Crippen LogP contribution in [0.3, 0.4) is 0 Å². The highest BCUT2D eigenvalue weighted by Gasteiger charge is 2.47. The van der Waals surface area contributed by atoms with Gasteiger partial charge >= 0.3 is 0 Å². The van der Waals surface area contributed by atoms with Crippen molar-refractivity contribution in [3.8, 4) is 0 Å². The molecule has 1 aliphatic carbocycles. The minimum absolute atomic E-state index is 0.0349. The number of nitrogens with one attached hydrogen (secondary N) is 1. The molecule has 3 rings (SSSR count). The number of hydrogen-bond donors (Lipinski definition) is 1. The Bertz CT molecular complexity index is 431. The van der Waals surface area contributed by atoms with Crippen molar-refractivity contribution in [2.75, 3.05) is 11.2 Å². The van der Waals surface area contributed by atoms with Crippen LogP contribution in [0.4, 0.5) is 5.82 Å². The molecular formula is C13H17N3OS. The molecule has 0 unspecified atom stereocenters. The Labute approximate surface area is 111 Å². The van der Waals surface area contributed by atoms with Gasteiger partial charge in [-0.05, 0) is 25.0 Å². The Morgan fingerprint density at radius 1 is 1.28 bits per heavy atom. The molecule has 1 N–H and O–H groups in total. The fraction of sp³-hybridized carbons (Fsp3) is 0.538. The topological polar surface area (TPSA) is 45.2 Å². The summed E-state index contributed by atoms with van der Waals surface area (Å²) in [5, 5.41) is 1.83. The number of thioether (sulfide) groups is 1. The van der Waals surface area contributed by atoms with Crippen LogP contribution in [0.1, 0.15) is 32.1 Å². The number of nitrogens with zero attached hydrogens (tertiary/aromatic N) is 2. The van der Waals surface area contributed by atoms with Crippen molar-refractivity contribution in [1.29, 1.82) is 0 Å². The normalized spacial score (nSPS) is 22.4. The maximum atomic E-state index is 12.1. The molecule has 1 aliphatic heterocycles. The van der Waals surface area contributed by atoms with E-state index in [2.05, 4.69) is 10.4 Å². The van der Waals surface area contributed by atoms with E-state index in [-0.39, 0.29) is 10.8 Å². The van der Waals surface area contributed by atoms with Gasteiger partial charge in [0.2, 0.25) is 0 Å². The molecule has 1 spiro atoms. The van der Waals surface area contributed by atoms with E-state index in [0.717, 1.165) is 18.7 Å². The molecule has 18 heavy (non-hydrogen) atoms.